The Bertz CT molecular complexity index is 601. The molecule has 0 aromatic heterocycles. The summed E-state index contributed by atoms with van der Waals surface area (Å²) in [4.78, 5) is 4.14. The standard InChI is InChI=1S/C16H27N3O2S.HI/c1-13(14-9-7-6-8-10-14)11-18-15(17-4)19-12-16(2,3)22(5,20)21;/h6-10,13H,11-12H2,1-5H3,(H2,17,18,19);1H. The molecule has 1 aromatic carbocycles. The molecule has 0 bridgehead atoms. The topological polar surface area (TPSA) is 70.6 Å². The quantitative estimate of drug-likeness (QED) is 0.394. The van der Waals surface area contributed by atoms with Crippen molar-refractivity contribution in [1.29, 1.82) is 0 Å². The Labute approximate surface area is 157 Å². The molecule has 0 saturated carbocycles. The largest absolute Gasteiger partial charge is 0.356 e. The predicted molar refractivity (Wildman–Crippen MR) is 109 cm³/mol. The van der Waals surface area contributed by atoms with Gasteiger partial charge in [-0.05, 0) is 25.3 Å². The van der Waals surface area contributed by atoms with Gasteiger partial charge in [0, 0.05) is 26.4 Å². The fourth-order valence-corrected chi connectivity index (χ4v) is 2.13. The highest BCUT2D eigenvalue weighted by atomic mass is 127. The minimum absolute atomic E-state index is 0. The molecule has 0 aliphatic rings. The number of hydrogen-bond acceptors (Lipinski definition) is 3. The zero-order valence-electron chi connectivity index (χ0n) is 14.5. The second-order valence-electron chi connectivity index (χ2n) is 6.15. The lowest BCUT2D eigenvalue weighted by Crippen LogP contribution is -2.48. The number of sulfone groups is 1. The van der Waals surface area contributed by atoms with Crippen LogP contribution in [0.4, 0.5) is 0 Å². The van der Waals surface area contributed by atoms with Crippen LogP contribution >= 0.6 is 24.0 Å². The first-order chi connectivity index (χ1) is 10.2. The Kier molecular flexibility index (Phi) is 9.12. The van der Waals surface area contributed by atoms with E-state index >= 15 is 0 Å². The molecule has 0 spiro atoms. The zero-order chi connectivity index (χ0) is 16.8. The molecule has 0 fully saturated rings. The van der Waals surface area contributed by atoms with Crippen LogP contribution in [0.5, 0.6) is 0 Å². The molecule has 0 saturated heterocycles. The van der Waals surface area contributed by atoms with Crippen LogP contribution in [-0.2, 0) is 9.84 Å². The van der Waals surface area contributed by atoms with Gasteiger partial charge in [0.05, 0.1) is 4.75 Å². The summed E-state index contributed by atoms with van der Waals surface area (Å²) in [7, 11) is -1.45. The summed E-state index contributed by atoms with van der Waals surface area (Å²) in [6, 6.07) is 10.2. The van der Waals surface area contributed by atoms with Crippen molar-refractivity contribution in [2.24, 2.45) is 4.99 Å². The molecule has 0 amide bonds. The van der Waals surface area contributed by atoms with Crippen LogP contribution in [0.1, 0.15) is 32.3 Å². The molecule has 0 aliphatic carbocycles. The summed E-state index contributed by atoms with van der Waals surface area (Å²) in [5, 5.41) is 6.32. The molecule has 0 heterocycles. The second kappa shape index (κ2) is 9.46. The van der Waals surface area contributed by atoms with Crippen molar-refractivity contribution in [3.8, 4) is 0 Å². The third-order valence-corrected chi connectivity index (χ3v) is 6.01. The summed E-state index contributed by atoms with van der Waals surface area (Å²) < 4.78 is 22.6. The van der Waals surface area contributed by atoms with Crippen molar-refractivity contribution < 1.29 is 8.42 Å². The summed E-state index contributed by atoms with van der Waals surface area (Å²) >= 11 is 0. The smallest absolute Gasteiger partial charge is 0.191 e. The van der Waals surface area contributed by atoms with Crippen LogP contribution in [0.3, 0.4) is 0 Å². The molecule has 5 nitrogen and oxygen atoms in total. The fourth-order valence-electron chi connectivity index (χ4n) is 1.80. The molecular weight excluding hydrogens is 425 g/mol. The van der Waals surface area contributed by atoms with Gasteiger partial charge in [0.15, 0.2) is 15.8 Å². The van der Waals surface area contributed by atoms with E-state index in [1.807, 2.05) is 18.2 Å². The van der Waals surface area contributed by atoms with Gasteiger partial charge in [-0.3, -0.25) is 4.99 Å². The van der Waals surface area contributed by atoms with E-state index in [4.69, 9.17) is 0 Å². The normalized spacial score (nSPS) is 13.9. The molecule has 132 valence electrons. The highest BCUT2D eigenvalue weighted by Crippen LogP contribution is 2.14. The molecule has 1 atom stereocenters. The first kappa shape index (κ1) is 22.2. The van der Waals surface area contributed by atoms with Crippen molar-refractivity contribution in [3.05, 3.63) is 35.9 Å². The van der Waals surface area contributed by atoms with Gasteiger partial charge in [-0.25, -0.2) is 8.42 Å². The highest BCUT2D eigenvalue weighted by Gasteiger charge is 2.30. The van der Waals surface area contributed by atoms with Crippen molar-refractivity contribution >= 4 is 39.8 Å². The van der Waals surface area contributed by atoms with Gasteiger partial charge in [-0.15, -0.1) is 24.0 Å². The molecule has 2 N–H and O–H groups in total. The Balaban J connectivity index is 0.00000484. The second-order valence-corrected chi connectivity index (χ2v) is 8.80. The van der Waals surface area contributed by atoms with E-state index in [0.29, 0.717) is 18.4 Å². The van der Waals surface area contributed by atoms with E-state index in [1.165, 1.54) is 11.8 Å². The first-order valence-corrected chi connectivity index (χ1v) is 9.25. The molecule has 7 heteroatoms. The van der Waals surface area contributed by atoms with E-state index in [-0.39, 0.29) is 24.0 Å². The summed E-state index contributed by atoms with van der Waals surface area (Å²) in [5.41, 5.74) is 1.25. The number of hydrogen-bond donors (Lipinski definition) is 2. The van der Waals surface area contributed by atoms with Crippen molar-refractivity contribution in [3.63, 3.8) is 0 Å². The van der Waals surface area contributed by atoms with Crippen LogP contribution in [0, 0.1) is 0 Å². The first-order valence-electron chi connectivity index (χ1n) is 7.36. The van der Waals surface area contributed by atoms with Crippen LogP contribution in [0.15, 0.2) is 35.3 Å². The van der Waals surface area contributed by atoms with Gasteiger partial charge in [-0.2, -0.15) is 0 Å². The summed E-state index contributed by atoms with van der Waals surface area (Å²) in [6.45, 7) is 6.58. The fraction of sp³-hybridized carbons (Fsp3) is 0.562. The SMILES string of the molecule is CN=C(NCC(C)c1ccccc1)NCC(C)(C)S(C)(=O)=O.I. The van der Waals surface area contributed by atoms with Gasteiger partial charge in [-0.1, -0.05) is 37.3 Å². The van der Waals surface area contributed by atoms with Crippen LogP contribution in [0.2, 0.25) is 0 Å². The van der Waals surface area contributed by atoms with E-state index < -0.39 is 14.6 Å². The Morgan fingerprint density at radius 2 is 1.78 bits per heavy atom. The van der Waals surface area contributed by atoms with Crippen molar-refractivity contribution in [2.45, 2.75) is 31.4 Å². The van der Waals surface area contributed by atoms with E-state index in [9.17, 15) is 8.42 Å². The lowest BCUT2D eigenvalue weighted by molar-refractivity contribution is 0.543. The molecule has 1 rings (SSSR count). The van der Waals surface area contributed by atoms with Gasteiger partial charge in [0.2, 0.25) is 0 Å². The minimum atomic E-state index is -3.13. The number of nitrogens with zero attached hydrogens (tertiary/aromatic N) is 1. The Morgan fingerprint density at radius 1 is 1.22 bits per heavy atom. The Hall–Kier alpha value is -0.830. The van der Waals surface area contributed by atoms with Crippen molar-refractivity contribution in [1.82, 2.24) is 10.6 Å². The molecule has 1 unspecified atom stereocenters. The van der Waals surface area contributed by atoms with Crippen LogP contribution in [0.25, 0.3) is 0 Å². The molecule has 0 aliphatic heterocycles. The number of benzene rings is 1. The maximum atomic E-state index is 11.7. The summed E-state index contributed by atoms with van der Waals surface area (Å²) in [5.74, 6) is 0.946. The van der Waals surface area contributed by atoms with E-state index in [2.05, 4.69) is 34.7 Å². The minimum Gasteiger partial charge on any atom is -0.356 e. The lowest BCUT2D eigenvalue weighted by atomic mass is 10.0. The van der Waals surface area contributed by atoms with E-state index in [0.717, 1.165) is 6.54 Å². The maximum absolute atomic E-state index is 11.7. The van der Waals surface area contributed by atoms with Gasteiger partial charge < -0.3 is 10.6 Å². The molecular formula is C16H28IN3O2S. The number of nitrogens with one attached hydrogen (secondary N) is 2. The monoisotopic (exact) mass is 453 g/mol. The average Bonchev–Trinajstić information content (AvgIpc) is 2.46. The molecule has 23 heavy (non-hydrogen) atoms. The Morgan fingerprint density at radius 3 is 2.26 bits per heavy atom. The van der Waals surface area contributed by atoms with E-state index in [1.54, 1.807) is 20.9 Å². The third-order valence-electron chi connectivity index (χ3n) is 3.85. The van der Waals surface area contributed by atoms with Crippen LogP contribution in [-0.4, -0.2) is 45.5 Å². The lowest BCUT2D eigenvalue weighted by Gasteiger charge is -2.24. The van der Waals surface area contributed by atoms with Crippen molar-refractivity contribution in [2.75, 3.05) is 26.4 Å². The van der Waals surface area contributed by atoms with Gasteiger partial charge in [0.1, 0.15) is 0 Å². The predicted octanol–water partition coefficient (Wildman–Crippen LogP) is 2.40. The average molecular weight is 453 g/mol. The van der Waals surface area contributed by atoms with Crippen LogP contribution < -0.4 is 10.6 Å². The number of guanidine groups is 1. The maximum Gasteiger partial charge on any atom is 0.191 e. The number of halogens is 1. The number of aliphatic imine (C=N–C) groups is 1. The third kappa shape index (κ3) is 7.07. The van der Waals surface area contributed by atoms with Gasteiger partial charge >= 0.3 is 0 Å². The molecule has 1 aromatic rings. The molecule has 0 radical (unpaired) electrons. The zero-order valence-corrected chi connectivity index (χ0v) is 17.6. The highest BCUT2D eigenvalue weighted by molar-refractivity contribution is 14.0. The van der Waals surface area contributed by atoms with Gasteiger partial charge in [0.25, 0.3) is 0 Å². The number of rotatable bonds is 6. The summed E-state index contributed by atoms with van der Waals surface area (Å²) in [6.07, 6.45) is 1.25.